The molecule has 0 radical (unpaired) electrons. The smallest absolute Gasteiger partial charge is 0.314 e. The van der Waals surface area contributed by atoms with E-state index >= 15 is 0 Å². The van der Waals surface area contributed by atoms with E-state index in [1.807, 2.05) is 22.6 Å². The Morgan fingerprint density at radius 3 is 2.26 bits per heavy atom. The molecule has 1 aliphatic heterocycles. The summed E-state index contributed by atoms with van der Waals surface area (Å²) >= 11 is 1.97. The Kier molecular flexibility index (Phi) is 6.35. The Hall–Kier alpha value is -0.0500. The van der Waals surface area contributed by atoms with Crippen LogP contribution >= 0.6 is 35.0 Å². The van der Waals surface area contributed by atoms with Gasteiger partial charge >= 0.3 is 6.18 Å². The molecule has 7 heteroatoms. The number of nitrogens with one attached hydrogen (secondary N) is 1. The zero-order valence-electron chi connectivity index (χ0n) is 10.1. The summed E-state index contributed by atoms with van der Waals surface area (Å²) in [5.74, 6) is 0. The Morgan fingerprint density at radius 1 is 1.16 bits per heavy atom. The van der Waals surface area contributed by atoms with Gasteiger partial charge in [-0.05, 0) is 34.2 Å². The molecule has 1 aliphatic rings. The average molecular weight is 407 g/mol. The van der Waals surface area contributed by atoms with Crippen molar-refractivity contribution in [2.45, 2.75) is 12.2 Å². The van der Waals surface area contributed by atoms with Crippen LogP contribution in [0.2, 0.25) is 0 Å². The van der Waals surface area contributed by atoms with Gasteiger partial charge < -0.3 is 5.32 Å². The minimum atomic E-state index is -4.24. The number of halogens is 5. The molecule has 0 saturated carbocycles. The van der Waals surface area contributed by atoms with E-state index in [0.29, 0.717) is 35.3 Å². The standard InChI is InChI=1S/C12H14F3IN2.ClH/c13-12(14,15)11(18-7-5-17-6-8-18)9-3-1-2-4-10(9)16;/h1-4,11,17H,5-8H2;1H/t11-;/m1./s1. The second-order valence-electron chi connectivity index (χ2n) is 4.25. The molecule has 1 aromatic carbocycles. The molecule has 19 heavy (non-hydrogen) atoms. The van der Waals surface area contributed by atoms with Crippen LogP contribution in [-0.4, -0.2) is 37.3 Å². The third-order valence-electron chi connectivity index (χ3n) is 3.03. The summed E-state index contributed by atoms with van der Waals surface area (Å²) in [6.45, 7) is 2.07. The summed E-state index contributed by atoms with van der Waals surface area (Å²) < 4.78 is 40.6. The lowest BCUT2D eigenvalue weighted by atomic mass is 10.0. The molecule has 0 amide bonds. The maximum absolute atomic E-state index is 13.3. The van der Waals surface area contributed by atoms with Crippen molar-refractivity contribution in [3.63, 3.8) is 0 Å². The van der Waals surface area contributed by atoms with Gasteiger partial charge in [0.25, 0.3) is 0 Å². The van der Waals surface area contributed by atoms with E-state index in [0.717, 1.165) is 0 Å². The van der Waals surface area contributed by atoms with Crippen LogP contribution in [0.3, 0.4) is 0 Å². The lowest BCUT2D eigenvalue weighted by molar-refractivity contribution is -0.188. The minimum absolute atomic E-state index is 0. The van der Waals surface area contributed by atoms with Gasteiger partial charge in [0.05, 0.1) is 0 Å². The van der Waals surface area contributed by atoms with Crippen LogP contribution in [-0.2, 0) is 0 Å². The summed E-state index contributed by atoms with van der Waals surface area (Å²) in [7, 11) is 0. The van der Waals surface area contributed by atoms with Crippen molar-refractivity contribution in [1.82, 2.24) is 10.2 Å². The summed E-state index contributed by atoms with van der Waals surface area (Å²) in [5.41, 5.74) is 0.354. The van der Waals surface area contributed by atoms with Crippen molar-refractivity contribution in [3.05, 3.63) is 33.4 Å². The Balaban J connectivity index is 0.00000180. The normalized spacial score (nSPS) is 18.7. The third kappa shape index (κ3) is 4.21. The molecule has 1 N–H and O–H groups in total. The van der Waals surface area contributed by atoms with Crippen LogP contribution in [0.1, 0.15) is 11.6 Å². The number of alkyl halides is 3. The fourth-order valence-corrected chi connectivity index (χ4v) is 2.90. The number of piperazine rings is 1. The van der Waals surface area contributed by atoms with Gasteiger partial charge in [0.15, 0.2) is 0 Å². The van der Waals surface area contributed by atoms with E-state index in [2.05, 4.69) is 5.32 Å². The van der Waals surface area contributed by atoms with Crippen molar-refractivity contribution < 1.29 is 13.2 Å². The topological polar surface area (TPSA) is 15.3 Å². The van der Waals surface area contributed by atoms with Crippen LogP contribution in [0.5, 0.6) is 0 Å². The average Bonchev–Trinajstić information content (AvgIpc) is 2.32. The first-order chi connectivity index (χ1) is 8.50. The first-order valence-corrected chi connectivity index (χ1v) is 6.84. The molecular formula is C12H15ClF3IN2. The predicted molar refractivity (Wildman–Crippen MR) is 79.6 cm³/mol. The molecule has 0 bridgehead atoms. The van der Waals surface area contributed by atoms with Crippen molar-refractivity contribution in [2.75, 3.05) is 26.2 Å². The molecule has 1 atom stereocenters. The highest BCUT2D eigenvalue weighted by atomic mass is 127. The SMILES string of the molecule is Cl.FC(F)(F)[C@@H](c1ccccc1I)N1CCNCC1. The maximum Gasteiger partial charge on any atom is 0.408 e. The Morgan fingerprint density at radius 2 is 1.74 bits per heavy atom. The zero-order chi connectivity index (χ0) is 13.2. The highest BCUT2D eigenvalue weighted by Gasteiger charge is 2.45. The Bertz CT molecular complexity index is 408. The fourth-order valence-electron chi connectivity index (χ4n) is 2.22. The van der Waals surface area contributed by atoms with Gasteiger partial charge in [-0.1, -0.05) is 18.2 Å². The predicted octanol–water partition coefficient (Wildman–Crippen LogP) is 3.22. The first kappa shape index (κ1) is 17.0. The summed E-state index contributed by atoms with van der Waals surface area (Å²) in [5, 5.41) is 3.08. The highest BCUT2D eigenvalue weighted by Crippen LogP contribution is 2.39. The van der Waals surface area contributed by atoms with Gasteiger partial charge in [0.2, 0.25) is 0 Å². The van der Waals surface area contributed by atoms with E-state index < -0.39 is 12.2 Å². The van der Waals surface area contributed by atoms with Gasteiger partial charge in [-0.15, -0.1) is 12.4 Å². The molecule has 2 nitrogen and oxygen atoms in total. The van der Waals surface area contributed by atoms with Crippen LogP contribution in [0, 0.1) is 3.57 Å². The minimum Gasteiger partial charge on any atom is -0.314 e. The molecule has 1 saturated heterocycles. The van der Waals surface area contributed by atoms with Gasteiger partial charge in [-0.3, -0.25) is 4.90 Å². The number of hydrogen-bond donors (Lipinski definition) is 1. The molecule has 0 aromatic heterocycles. The van der Waals surface area contributed by atoms with E-state index in [4.69, 9.17) is 0 Å². The van der Waals surface area contributed by atoms with Crippen molar-refractivity contribution in [1.29, 1.82) is 0 Å². The molecule has 0 aliphatic carbocycles. The van der Waals surface area contributed by atoms with Crippen molar-refractivity contribution in [2.24, 2.45) is 0 Å². The highest BCUT2D eigenvalue weighted by molar-refractivity contribution is 14.1. The molecule has 1 aromatic rings. The number of benzene rings is 1. The lowest BCUT2D eigenvalue weighted by Crippen LogP contribution is -2.49. The molecular weight excluding hydrogens is 391 g/mol. The second kappa shape index (κ2) is 7.10. The van der Waals surface area contributed by atoms with Crippen LogP contribution in [0.4, 0.5) is 13.2 Å². The molecule has 1 fully saturated rings. The van der Waals surface area contributed by atoms with E-state index in [-0.39, 0.29) is 12.4 Å². The summed E-state index contributed by atoms with van der Waals surface area (Å²) in [6, 6.07) is 5.22. The van der Waals surface area contributed by atoms with Crippen molar-refractivity contribution in [3.8, 4) is 0 Å². The summed E-state index contributed by atoms with van der Waals surface area (Å²) in [4.78, 5) is 1.51. The third-order valence-corrected chi connectivity index (χ3v) is 4.01. The molecule has 108 valence electrons. The zero-order valence-corrected chi connectivity index (χ0v) is 13.1. The molecule has 0 unspecified atom stereocenters. The van der Waals surface area contributed by atoms with Gasteiger partial charge in [-0.25, -0.2) is 0 Å². The number of nitrogens with zero attached hydrogens (tertiary/aromatic N) is 1. The molecule has 2 rings (SSSR count). The molecule has 0 spiro atoms. The lowest BCUT2D eigenvalue weighted by Gasteiger charge is -2.36. The number of hydrogen-bond acceptors (Lipinski definition) is 2. The van der Waals surface area contributed by atoms with Gasteiger partial charge in [-0.2, -0.15) is 13.2 Å². The van der Waals surface area contributed by atoms with Crippen LogP contribution < -0.4 is 5.32 Å². The molecule has 1 heterocycles. The van der Waals surface area contributed by atoms with E-state index in [1.54, 1.807) is 24.3 Å². The number of rotatable bonds is 2. The quantitative estimate of drug-likeness (QED) is 0.759. The van der Waals surface area contributed by atoms with Gasteiger partial charge in [0.1, 0.15) is 6.04 Å². The van der Waals surface area contributed by atoms with Crippen LogP contribution in [0.25, 0.3) is 0 Å². The first-order valence-electron chi connectivity index (χ1n) is 5.76. The second-order valence-corrected chi connectivity index (χ2v) is 5.41. The van der Waals surface area contributed by atoms with Gasteiger partial charge in [0, 0.05) is 29.7 Å². The maximum atomic E-state index is 13.3. The van der Waals surface area contributed by atoms with E-state index in [9.17, 15) is 13.2 Å². The Labute approximate surface area is 130 Å². The van der Waals surface area contributed by atoms with Crippen LogP contribution in [0.15, 0.2) is 24.3 Å². The summed E-state index contributed by atoms with van der Waals surface area (Å²) in [6.07, 6.45) is -4.24. The largest absolute Gasteiger partial charge is 0.408 e. The van der Waals surface area contributed by atoms with Crippen molar-refractivity contribution >= 4 is 35.0 Å². The monoisotopic (exact) mass is 406 g/mol. The fraction of sp³-hybridized carbons (Fsp3) is 0.500. The van der Waals surface area contributed by atoms with E-state index in [1.165, 1.54) is 4.90 Å².